The minimum atomic E-state index is -4.44. The largest absolute Gasteiger partial charge is 0.481 e. The van der Waals surface area contributed by atoms with Crippen LogP contribution in [0, 0.1) is 5.92 Å². The zero-order valence-corrected chi connectivity index (χ0v) is 11.5. The first-order valence-electron chi connectivity index (χ1n) is 6.37. The van der Waals surface area contributed by atoms with E-state index in [1.54, 1.807) is 11.8 Å². The Balaban J connectivity index is 2.32. The molecule has 2 atom stereocenters. The van der Waals surface area contributed by atoms with Crippen LogP contribution in [0.4, 0.5) is 13.2 Å². The highest BCUT2D eigenvalue weighted by molar-refractivity contribution is 7.99. The van der Waals surface area contributed by atoms with E-state index < -0.39 is 23.6 Å². The smallest absolute Gasteiger partial charge is 0.416 e. The van der Waals surface area contributed by atoms with Crippen molar-refractivity contribution in [3.05, 3.63) is 35.4 Å². The first-order valence-corrected chi connectivity index (χ1v) is 7.53. The zero-order valence-electron chi connectivity index (χ0n) is 10.7. The topological polar surface area (TPSA) is 37.3 Å². The van der Waals surface area contributed by atoms with E-state index in [0.29, 0.717) is 5.75 Å². The maximum atomic E-state index is 12.7. The fourth-order valence-corrected chi connectivity index (χ4v) is 3.75. The van der Waals surface area contributed by atoms with Gasteiger partial charge in [-0.3, -0.25) is 4.79 Å². The van der Waals surface area contributed by atoms with E-state index in [4.69, 9.17) is 0 Å². The summed E-state index contributed by atoms with van der Waals surface area (Å²) in [7, 11) is 0. The monoisotopic (exact) mass is 304 g/mol. The molecular formula is C14H15F3O2S. The van der Waals surface area contributed by atoms with Gasteiger partial charge in [0.2, 0.25) is 0 Å². The summed E-state index contributed by atoms with van der Waals surface area (Å²) in [6.45, 7) is 0. The van der Waals surface area contributed by atoms with Gasteiger partial charge in [-0.15, -0.1) is 0 Å². The molecule has 1 N–H and O–H groups in total. The molecular weight excluding hydrogens is 289 g/mol. The maximum absolute atomic E-state index is 12.7. The third kappa shape index (κ3) is 3.48. The summed E-state index contributed by atoms with van der Waals surface area (Å²) in [5.74, 6) is -0.324. The molecule has 1 aromatic carbocycles. The average Bonchev–Trinajstić information content (AvgIpc) is 2.39. The molecule has 0 aromatic heterocycles. The lowest BCUT2D eigenvalue weighted by Crippen LogP contribution is -2.26. The molecule has 1 aliphatic rings. The van der Waals surface area contributed by atoms with Crippen molar-refractivity contribution in [3.63, 3.8) is 0 Å². The first kappa shape index (κ1) is 15.2. The summed E-state index contributed by atoms with van der Waals surface area (Å²) in [5.41, 5.74) is -0.537. The molecule has 1 heterocycles. The fraction of sp³-hybridized carbons (Fsp3) is 0.500. The standard InChI is InChI=1S/C14H15F3O2S/c15-14(16,17)11-5-1-3-9(7-11)12(13(18)19)10-4-2-6-20-8-10/h1,3,5,7,10,12H,2,4,6,8H2,(H,18,19). The van der Waals surface area contributed by atoms with Gasteiger partial charge < -0.3 is 5.11 Å². The Bertz CT molecular complexity index is 482. The van der Waals surface area contributed by atoms with Crippen molar-refractivity contribution < 1.29 is 23.1 Å². The number of rotatable bonds is 3. The molecule has 0 bridgehead atoms. The van der Waals surface area contributed by atoms with Crippen LogP contribution in [0.25, 0.3) is 0 Å². The third-order valence-electron chi connectivity index (χ3n) is 3.51. The van der Waals surface area contributed by atoms with Crippen molar-refractivity contribution in [2.75, 3.05) is 11.5 Å². The number of hydrogen-bond acceptors (Lipinski definition) is 2. The van der Waals surface area contributed by atoms with Gasteiger partial charge in [-0.05, 0) is 41.9 Å². The highest BCUT2D eigenvalue weighted by Gasteiger charge is 2.34. The van der Waals surface area contributed by atoms with Crippen LogP contribution < -0.4 is 0 Å². The van der Waals surface area contributed by atoms with E-state index in [9.17, 15) is 23.1 Å². The quantitative estimate of drug-likeness (QED) is 0.916. The molecule has 0 aliphatic carbocycles. The number of benzene rings is 1. The maximum Gasteiger partial charge on any atom is 0.416 e. The average molecular weight is 304 g/mol. The molecule has 0 spiro atoms. The summed E-state index contributed by atoms with van der Waals surface area (Å²) in [5, 5.41) is 9.38. The van der Waals surface area contributed by atoms with Crippen LogP contribution in [-0.2, 0) is 11.0 Å². The predicted molar refractivity (Wildman–Crippen MR) is 71.9 cm³/mol. The van der Waals surface area contributed by atoms with Gasteiger partial charge in [-0.2, -0.15) is 24.9 Å². The van der Waals surface area contributed by atoms with Crippen molar-refractivity contribution >= 4 is 17.7 Å². The Labute approximate surface area is 119 Å². The molecule has 1 fully saturated rings. The highest BCUT2D eigenvalue weighted by atomic mass is 32.2. The Morgan fingerprint density at radius 1 is 1.40 bits per heavy atom. The molecule has 1 saturated heterocycles. The lowest BCUT2D eigenvalue weighted by atomic mass is 9.83. The lowest BCUT2D eigenvalue weighted by molar-refractivity contribution is -0.141. The molecule has 20 heavy (non-hydrogen) atoms. The zero-order chi connectivity index (χ0) is 14.8. The van der Waals surface area contributed by atoms with E-state index in [1.807, 2.05) is 0 Å². The molecule has 2 rings (SSSR count). The number of alkyl halides is 3. The summed E-state index contributed by atoms with van der Waals surface area (Å²) in [4.78, 5) is 11.5. The van der Waals surface area contributed by atoms with Crippen LogP contribution in [0.2, 0.25) is 0 Å². The van der Waals surface area contributed by atoms with Gasteiger partial charge in [0.1, 0.15) is 0 Å². The van der Waals surface area contributed by atoms with Gasteiger partial charge in [0, 0.05) is 0 Å². The Morgan fingerprint density at radius 3 is 2.70 bits per heavy atom. The second kappa shape index (κ2) is 6.08. The number of carbonyl (C=O) groups is 1. The molecule has 0 amide bonds. The first-order chi connectivity index (χ1) is 9.39. The van der Waals surface area contributed by atoms with Gasteiger partial charge >= 0.3 is 12.1 Å². The van der Waals surface area contributed by atoms with Gasteiger partial charge in [0.15, 0.2) is 0 Å². The molecule has 0 saturated carbocycles. The summed E-state index contributed by atoms with van der Waals surface area (Å²) in [6.07, 6.45) is -2.78. The van der Waals surface area contributed by atoms with Gasteiger partial charge in [-0.25, -0.2) is 0 Å². The normalized spacial score (nSPS) is 21.4. The van der Waals surface area contributed by atoms with Crippen molar-refractivity contribution in [3.8, 4) is 0 Å². The summed E-state index contributed by atoms with van der Waals surface area (Å²) in [6, 6.07) is 4.70. The number of aliphatic carboxylic acids is 1. The fourth-order valence-electron chi connectivity index (χ4n) is 2.55. The van der Waals surface area contributed by atoms with E-state index in [2.05, 4.69) is 0 Å². The third-order valence-corrected chi connectivity index (χ3v) is 4.75. The van der Waals surface area contributed by atoms with Crippen molar-refractivity contribution in [2.24, 2.45) is 5.92 Å². The summed E-state index contributed by atoms with van der Waals surface area (Å²) >= 11 is 1.67. The molecule has 0 radical (unpaired) electrons. The number of halogens is 3. The summed E-state index contributed by atoms with van der Waals surface area (Å²) < 4.78 is 38.2. The second-order valence-electron chi connectivity index (χ2n) is 4.92. The number of hydrogen-bond donors (Lipinski definition) is 1. The Kier molecular flexibility index (Phi) is 4.62. The molecule has 1 aliphatic heterocycles. The Morgan fingerprint density at radius 2 is 2.15 bits per heavy atom. The molecule has 2 unspecified atom stereocenters. The van der Waals surface area contributed by atoms with Gasteiger partial charge in [0.05, 0.1) is 11.5 Å². The highest BCUT2D eigenvalue weighted by Crippen LogP contribution is 2.37. The van der Waals surface area contributed by atoms with Crippen LogP contribution >= 0.6 is 11.8 Å². The number of thioether (sulfide) groups is 1. The van der Waals surface area contributed by atoms with Crippen LogP contribution in [0.5, 0.6) is 0 Å². The number of carboxylic acids is 1. The van der Waals surface area contributed by atoms with Crippen LogP contribution in [0.15, 0.2) is 24.3 Å². The van der Waals surface area contributed by atoms with Crippen molar-refractivity contribution in [2.45, 2.75) is 24.9 Å². The van der Waals surface area contributed by atoms with Crippen LogP contribution in [0.1, 0.15) is 29.9 Å². The van der Waals surface area contributed by atoms with E-state index in [0.717, 1.165) is 30.7 Å². The van der Waals surface area contributed by atoms with Gasteiger partial charge in [-0.1, -0.05) is 18.2 Å². The molecule has 110 valence electrons. The predicted octanol–water partition coefficient (Wildman–Crippen LogP) is 4.02. The minimum Gasteiger partial charge on any atom is -0.481 e. The van der Waals surface area contributed by atoms with E-state index in [-0.39, 0.29) is 11.5 Å². The van der Waals surface area contributed by atoms with E-state index >= 15 is 0 Å². The van der Waals surface area contributed by atoms with E-state index in [1.165, 1.54) is 12.1 Å². The molecule has 1 aromatic rings. The Hall–Kier alpha value is -1.17. The van der Waals surface area contributed by atoms with Crippen molar-refractivity contribution in [1.82, 2.24) is 0 Å². The molecule has 2 nitrogen and oxygen atoms in total. The van der Waals surface area contributed by atoms with Gasteiger partial charge in [0.25, 0.3) is 0 Å². The van der Waals surface area contributed by atoms with Crippen LogP contribution in [-0.4, -0.2) is 22.6 Å². The number of carboxylic acid groups (broad SMARTS) is 1. The van der Waals surface area contributed by atoms with Crippen molar-refractivity contribution in [1.29, 1.82) is 0 Å². The molecule has 6 heteroatoms. The SMILES string of the molecule is O=C(O)C(c1cccc(C(F)(F)F)c1)C1CCCSC1. The van der Waals surface area contributed by atoms with Crippen LogP contribution in [0.3, 0.4) is 0 Å². The lowest BCUT2D eigenvalue weighted by Gasteiger charge is -2.27. The second-order valence-corrected chi connectivity index (χ2v) is 6.07. The minimum absolute atomic E-state index is 0.102.